The standard InChI is InChI=1S/C18H28N4O/c1-12-18(20)22-16-11-14-13(10-17(16)23-12)6-5-7-15(14)21-9-4-2-3-8-19/h10-12,15,21H,2-9,19H2,1H3,(H2,20,22). The van der Waals surface area contributed by atoms with Crippen molar-refractivity contribution >= 4 is 11.5 Å². The van der Waals surface area contributed by atoms with E-state index in [9.17, 15) is 0 Å². The van der Waals surface area contributed by atoms with Gasteiger partial charge in [-0.25, -0.2) is 4.99 Å². The van der Waals surface area contributed by atoms with Crippen LogP contribution >= 0.6 is 0 Å². The monoisotopic (exact) mass is 316 g/mol. The summed E-state index contributed by atoms with van der Waals surface area (Å²) in [7, 11) is 0. The van der Waals surface area contributed by atoms with Gasteiger partial charge in [-0.1, -0.05) is 6.42 Å². The first-order valence-corrected chi connectivity index (χ1v) is 8.80. The number of aryl methyl sites for hydroxylation is 1. The number of ether oxygens (including phenoxy) is 1. The summed E-state index contributed by atoms with van der Waals surface area (Å²) in [6, 6.07) is 4.75. The summed E-state index contributed by atoms with van der Waals surface area (Å²) in [4.78, 5) is 4.52. The lowest BCUT2D eigenvalue weighted by molar-refractivity contribution is 0.281. The lowest BCUT2D eigenvalue weighted by atomic mass is 9.86. The summed E-state index contributed by atoms with van der Waals surface area (Å²) in [6.07, 6.45) is 6.86. The van der Waals surface area contributed by atoms with Gasteiger partial charge in [-0.05, 0) is 75.4 Å². The van der Waals surface area contributed by atoms with Gasteiger partial charge in [0, 0.05) is 6.04 Å². The molecule has 0 bridgehead atoms. The molecule has 0 amide bonds. The fourth-order valence-electron chi connectivity index (χ4n) is 3.42. The number of nitrogens with one attached hydrogen (secondary N) is 1. The molecular weight excluding hydrogens is 288 g/mol. The van der Waals surface area contributed by atoms with Gasteiger partial charge in [-0.3, -0.25) is 0 Å². The van der Waals surface area contributed by atoms with E-state index in [-0.39, 0.29) is 6.10 Å². The van der Waals surface area contributed by atoms with Crippen molar-refractivity contribution < 1.29 is 4.74 Å². The van der Waals surface area contributed by atoms with Crippen molar-refractivity contribution in [2.75, 3.05) is 13.1 Å². The van der Waals surface area contributed by atoms with Gasteiger partial charge in [0.25, 0.3) is 0 Å². The number of nitrogens with two attached hydrogens (primary N) is 2. The van der Waals surface area contributed by atoms with Crippen molar-refractivity contribution in [1.82, 2.24) is 5.32 Å². The SMILES string of the molecule is CC1Oc2cc3c(cc2N=C1N)C(NCCCCCN)CCC3. The first-order chi connectivity index (χ1) is 11.2. The van der Waals surface area contributed by atoms with Gasteiger partial charge in [-0.15, -0.1) is 0 Å². The second-order valence-electron chi connectivity index (χ2n) is 6.56. The lowest BCUT2D eigenvalue weighted by Crippen LogP contribution is -2.33. The van der Waals surface area contributed by atoms with Crippen LogP contribution in [0, 0.1) is 0 Å². The second kappa shape index (κ2) is 7.32. The Balaban J connectivity index is 1.73. The Labute approximate surface area is 138 Å². The summed E-state index contributed by atoms with van der Waals surface area (Å²) in [5, 5.41) is 3.70. The molecule has 2 unspecified atom stereocenters. The Bertz CT molecular complexity index is 585. The number of nitrogens with zero attached hydrogens (tertiary/aromatic N) is 1. The van der Waals surface area contributed by atoms with Crippen LogP contribution in [0.25, 0.3) is 0 Å². The molecule has 0 saturated carbocycles. The highest BCUT2D eigenvalue weighted by Gasteiger charge is 2.25. The van der Waals surface area contributed by atoms with Crippen molar-refractivity contribution in [3.05, 3.63) is 23.3 Å². The molecule has 2 aliphatic rings. The van der Waals surface area contributed by atoms with E-state index < -0.39 is 0 Å². The molecule has 0 aromatic heterocycles. The van der Waals surface area contributed by atoms with Crippen LogP contribution in [0.1, 0.15) is 56.2 Å². The minimum Gasteiger partial charge on any atom is -0.481 e. The van der Waals surface area contributed by atoms with E-state index >= 15 is 0 Å². The number of rotatable bonds is 6. The Morgan fingerprint density at radius 3 is 3.00 bits per heavy atom. The zero-order chi connectivity index (χ0) is 16.2. The molecule has 2 atom stereocenters. The average Bonchev–Trinajstić information content (AvgIpc) is 2.54. The molecule has 0 spiro atoms. The topological polar surface area (TPSA) is 85.7 Å². The molecule has 3 rings (SSSR count). The number of hydrogen-bond acceptors (Lipinski definition) is 5. The van der Waals surface area contributed by atoms with E-state index in [0.717, 1.165) is 37.4 Å². The minimum absolute atomic E-state index is 0.138. The van der Waals surface area contributed by atoms with Crippen LogP contribution < -0.4 is 21.5 Å². The van der Waals surface area contributed by atoms with Crippen molar-refractivity contribution in [2.24, 2.45) is 16.5 Å². The molecule has 126 valence electrons. The smallest absolute Gasteiger partial charge is 0.153 e. The largest absolute Gasteiger partial charge is 0.481 e. The van der Waals surface area contributed by atoms with E-state index in [4.69, 9.17) is 16.2 Å². The number of aliphatic imine (C=N–C) groups is 1. The van der Waals surface area contributed by atoms with Gasteiger partial charge in [0.15, 0.2) is 6.10 Å². The van der Waals surface area contributed by atoms with Crippen LogP contribution in [-0.4, -0.2) is 25.0 Å². The third-order valence-corrected chi connectivity index (χ3v) is 4.78. The zero-order valence-corrected chi connectivity index (χ0v) is 14.0. The van der Waals surface area contributed by atoms with Gasteiger partial charge in [-0.2, -0.15) is 0 Å². The van der Waals surface area contributed by atoms with E-state index in [1.807, 2.05) is 6.92 Å². The number of unbranched alkanes of at least 4 members (excludes halogenated alkanes) is 2. The first-order valence-electron chi connectivity index (χ1n) is 8.80. The molecule has 0 radical (unpaired) electrons. The number of fused-ring (bicyclic) bond motifs is 2. The predicted octanol–water partition coefficient (Wildman–Crippen LogP) is 2.55. The molecule has 1 heterocycles. The van der Waals surface area contributed by atoms with E-state index in [1.165, 1.54) is 36.8 Å². The van der Waals surface area contributed by atoms with Gasteiger partial charge in [0.05, 0.1) is 0 Å². The first kappa shape index (κ1) is 16.3. The maximum atomic E-state index is 5.93. The highest BCUT2D eigenvalue weighted by molar-refractivity contribution is 5.90. The molecule has 0 saturated heterocycles. The van der Waals surface area contributed by atoms with E-state index in [1.54, 1.807) is 0 Å². The Hall–Kier alpha value is -1.59. The minimum atomic E-state index is -0.138. The van der Waals surface area contributed by atoms with Crippen LogP contribution in [0.5, 0.6) is 5.75 Å². The molecule has 0 fully saturated rings. The van der Waals surface area contributed by atoms with Gasteiger partial charge < -0.3 is 21.5 Å². The van der Waals surface area contributed by atoms with Crippen molar-refractivity contribution in [2.45, 2.75) is 57.6 Å². The molecule has 1 aromatic rings. The third kappa shape index (κ3) is 3.67. The Morgan fingerprint density at radius 2 is 2.17 bits per heavy atom. The molecule has 5 N–H and O–H groups in total. The van der Waals surface area contributed by atoms with Crippen LogP contribution in [0.3, 0.4) is 0 Å². The van der Waals surface area contributed by atoms with Crippen LogP contribution in [0.15, 0.2) is 17.1 Å². The summed E-state index contributed by atoms with van der Waals surface area (Å²) >= 11 is 0. The van der Waals surface area contributed by atoms with E-state index in [2.05, 4.69) is 22.4 Å². The molecule has 23 heavy (non-hydrogen) atoms. The quantitative estimate of drug-likeness (QED) is 0.704. The number of amidine groups is 1. The number of benzene rings is 1. The number of hydrogen-bond donors (Lipinski definition) is 3. The Morgan fingerprint density at radius 1 is 1.30 bits per heavy atom. The van der Waals surface area contributed by atoms with Crippen molar-refractivity contribution in [1.29, 1.82) is 0 Å². The highest BCUT2D eigenvalue weighted by Crippen LogP contribution is 2.40. The molecule has 5 heteroatoms. The summed E-state index contributed by atoms with van der Waals surface area (Å²) in [5.74, 6) is 1.42. The Kier molecular flexibility index (Phi) is 5.18. The van der Waals surface area contributed by atoms with Gasteiger partial charge >= 0.3 is 0 Å². The van der Waals surface area contributed by atoms with Crippen LogP contribution in [0.4, 0.5) is 5.69 Å². The summed E-state index contributed by atoms with van der Waals surface area (Å²) in [5.41, 5.74) is 15.1. The molecule has 5 nitrogen and oxygen atoms in total. The predicted molar refractivity (Wildman–Crippen MR) is 94.4 cm³/mol. The molecular formula is C18H28N4O. The maximum absolute atomic E-state index is 5.93. The van der Waals surface area contributed by atoms with Gasteiger partial charge in [0.2, 0.25) is 0 Å². The van der Waals surface area contributed by atoms with Crippen molar-refractivity contribution in [3.8, 4) is 5.75 Å². The fourth-order valence-corrected chi connectivity index (χ4v) is 3.42. The van der Waals surface area contributed by atoms with Crippen LogP contribution in [-0.2, 0) is 6.42 Å². The third-order valence-electron chi connectivity index (χ3n) is 4.78. The average molecular weight is 316 g/mol. The van der Waals surface area contributed by atoms with E-state index in [0.29, 0.717) is 11.9 Å². The van der Waals surface area contributed by atoms with Crippen molar-refractivity contribution in [3.63, 3.8) is 0 Å². The molecule has 1 aliphatic heterocycles. The summed E-state index contributed by atoms with van der Waals surface area (Å²) in [6.45, 7) is 3.77. The van der Waals surface area contributed by atoms with Gasteiger partial charge in [0.1, 0.15) is 17.3 Å². The lowest BCUT2D eigenvalue weighted by Gasteiger charge is -2.29. The van der Waals surface area contributed by atoms with Crippen LogP contribution in [0.2, 0.25) is 0 Å². The maximum Gasteiger partial charge on any atom is 0.153 e. The fraction of sp³-hybridized carbons (Fsp3) is 0.611. The normalized spacial score (nSPS) is 22.8. The summed E-state index contributed by atoms with van der Waals surface area (Å²) < 4.78 is 5.88. The molecule has 1 aliphatic carbocycles. The molecule has 1 aromatic carbocycles. The highest BCUT2D eigenvalue weighted by atomic mass is 16.5. The zero-order valence-electron chi connectivity index (χ0n) is 14.0. The second-order valence-corrected chi connectivity index (χ2v) is 6.56.